The van der Waals surface area contributed by atoms with E-state index in [1.807, 2.05) is 32.9 Å². The van der Waals surface area contributed by atoms with E-state index in [9.17, 15) is 9.59 Å². The summed E-state index contributed by atoms with van der Waals surface area (Å²) >= 11 is 0. The van der Waals surface area contributed by atoms with E-state index < -0.39 is 5.60 Å². The lowest BCUT2D eigenvalue weighted by atomic mass is 10.0. The summed E-state index contributed by atoms with van der Waals surface area (Å²) in [5, 5.41) is 2.39. The second kappa shape index (κ2) is 8.15. The number of rotatable bonds is 6. The van der Waals surface area contributed by atoms with Crippen LogP contribution in [0.1, 0.15) is 39.2 Å². The highest BCUT2D eigenvalue weighted by atomic mass is 16.6. The second-order valence-electron chi connectivity index (χ2n) is 7.33. The first-order chi connectivity index (χ1) is 11.7. The minimum atomic E-state index is -0.490. The Bertz CT molecular complexity index is 746. The van der Waals surface area contributed by atoms with Crippen LogP contribution in [0.25, 0.3) is 10.8 Å². The lowest BCUT2D eigenvalue weighted by Gasteiger charge is -2.21. The minimum absolute atomic E-state index is 0.0386. The first kappa shape index (κ1) is 19.0. The van der Waals surface area contributed by atoms with Crippen molar-refractivity contribution in [2.24, 2.45) is 0 Å². The number of hydrogen-bond acceptors (Lipinski definition) is 3. The SMILES string of the molecule is CN(CCC(=O)OC(C)(C)C)C(=O)CCc1ccc2ccccc2c1. The highest BCUT2D eigenvalue weighted by Gasteiger charge is 2.17. The lowest BCUT2D eigenvalue weighted by Crippen LogP contribution is -2.31. The van der Waals surface area contributed by atoms with Crippen LogP contribution in [0.2, 0.25) is 0 Å². The Morgan fingerprint density at radius 1 is 1.00 bits per heavy atom. The molecule has 0 saturated carbocycles. The Morgan fingerprint density at radius 2 is 1.68 bits per heavy atom. The summed E-state index contributed by atoms with van der Waals surface area (Å²) < 4.78 is 5.26. The number of ether oxygens (including phenoxy) is 1. The Labute approximate surface area is 149 Å². The molecule has 25 heavy (non-hydrogen) atoms. The molecule has 0 aliphatic carbocycles. The van der Waals surface area contributed by atoms with Crippen molar-refractivity contribution < 1.29 is 14.3 Å². The normalized spacial score (nSPS) is 11.4. The van der Waals surface area contributed by atoms with E-state index >= 15 is 0 Å². The number of aryl methyl sites for hydroxylation is 1. The van der Waals surface area contributed by atoms with Crippen LogP contribution in [0.3, 0.4) is 0 Å². The highest BCUT2D eigenvalue weighted by Crippen LogP contribution is 2.17. The summed E-state index contributed by atoms with van der Waals surface area (Å²) in [6, 6.07) is 14.5. The van der Waals surface area contributed by atoms with Crippen molar-refractivity contribution in [2.45, 2.75) is 45.6 Å². The van der Waals surface area contributed by atoms with Crippen molar-refractivity contribution in [3.63, 3.8) is 0 Å². The van der Waals surface area contributed by atoms with Gasteiger partial charge >= 0.3 is 5.97 Å². The molecule has 2 aromatic carbocycles. The summed E-state index contributed by atoms with van der Waals surface area (Å²) in [5.41, 5.74) is 0.656. The summed E-state index contributed by atoms with van der Waals surface area (Å²) in [6.45, 7) is 5.89. The smallest absolute Gasteiger partial charge is 0.308 e. The zero-order chi connectivity index (χ0) is 18.4. The summed E-state index contributed by atoms with van der Waals surface area (Å²) in [6.07, 6.45) is 1.35. The van der Waals surface area contributed by atoms with Crippen molar-refractivity contribution in [1.29, 1.82) is 0 Å². The van der Waals surface area contributed by atoms with Crippen LogP contribution in [0.4, 0.5) is 0 Å². The largest absolute Gasteiger partial charge is 0.460 e. The molecule has 0 unspecified atom stereocenters. The Hall–Kier alpha value is -2.36. The average Bonchev–Trinajstić information content (AvgIpc) is 2.55. The molecule has 0 fully saturated rings. The number of nitrogens with zero attached hydrogens (tertiary/aromatic N) is 1. The molecule has 2 aromatic rings. The van der Waals surface area contributed by atoms with Crippen LogP contribution < -0.4 is 0 Å². The van der Waals surface area contributed by atoms with Gasteiger partial charge in [0.15, 0.2) is 0 Å². The Kier molecular flexibility index (Phi) is 6.18. The van der Waals surface area contributed by atoms with E-state index in [4.69, 9.17) is 4.74 Å². The maximum Gasteiger partial charge on any atom is 0.308 e. The van der Waals surface area contributed by atoms with Crippen LogP contribution in [-0.4, -0.2) is 36.0 Å². The molecule has 4 nitrogen and oxygen atoms in total. The predicted octanol–water partition coefficient (Wildman–Crippen LogP) is 3.96. The van der Waals surface area contributed by atoms with Gasteiger partial charge in [-0.1, -0.05) is 42.5 Å². The van der Waals surface area contributed by atoms with Gasteiger partial charge < -0.3 is 9.64 Å². The van der Waals surface area contributed by atoms with Crippen LogP contribution in [0, 0.1) is 0 Å². The molecule has 0 radical (unpaired) electrons. The van der Waals surface area contributed by atoms with Gasteiger partial charge in [-0.05, 0) is 43.5 Å². The van der Waals surface area contributed by atoms with Gasteiger partial charge in [0.05, 0.1) is 6.42 Å². The molecule has 2 rings (SSSR count). The third-order valence-electron chi connectivity index (χ3n) is 3.94. The van der Waals surface area contributed by atoms with Gasteiger partial charge in [-0.2, -0.15) is 0 Å². The van der Waals surface area contributed by atoms with E-state index in [0.717, 1.165) is 5.56 Å². The van der Waals surface area contributed by atoms with E-state index in [2.05, 4.69) is 30.3 Å². The fraction of sp³-hybridized carbons (Fsp3) is 0.429. The zero-order valence-corrected chi connectivity index (χ0v) is 15.5. The van der Waals surface area contributed by atoms with E-state index in [1.165, 1.54) is 10.8 Å². The molecule has 0 N–H and O–H groups in total. The van der Waals surface area contributed by atoms with Crippen molar-refractivity contribution in [3.05, 3.63) is 48.0 Å². The number of amides is 1. The van der Waals surface area contributed by atoms with Gasteiger partial charge in [-0.15, -0.1) is 0 Å². The fourth-order valence-corrected chi connectivity index (χ4v) is 2.61. The minimum Gasteiger partial charge on any atom is -0.460 e. The number of carbonyl (C=O) groups excluding carboxylic acids is 2. The molecule has 0 aromatic heterocycles. The average molecular weight is 341 g/mol. The molecule has 0 spiro atoms. The molecule has 0 bridgehead atoms. The fourth-order valence-electron chi connectivity index (χ4n) is 2.61. The van der Waals surface area contributed by atoms with Crippen LogP contribution in [-0.2, 0) is 20.7 Å². The Balaban J connectivity index is 1.81. The molecule has 4 heteroatoms. The van der Waals surface area contributed by atoms with Gasteiger partial charge in [0.1, 0.15) is 5.60 Å². The monoisotopic (exact) mass is 341 g/mol. The number of esters is 1. The standard InChI is InChI=1S/C21H27NO3/c1-21(2,3)25-20(24)13-14-22(4)19(23)12-10-16-9-11-17-7-5-6-8-18(17)15-16/h5-9,11,15H,10,12-14H2,1-4H3. The third kappa shape index (κ3) is 6.22. The molecule has 134 valence electrons. The van der Waals surface area contributed by atoms with Gasteiger partial charge in [0, 0.05) is 20.0 Å². The Morgan fingerprint density at radius 3 is 2.36 bits per heavy atom. The van der Waals surface area contributed by atoms with Crippen molar-refractivity contribution >= 4 is 22.6 Å². The number of benzene rings is 2. The third-order valence-corrected chi connectivity index (χ3v) is 3.94. The molecule has 0 atom stereocenters. The van der Waals surface area contributed by atoms with E-state index in [-0.39, 0.29) is 18.3 Å². The highest BCUT2D eigenvalue weighted by molar-refractivity contribution is 5.83. The van der Waals surface area contributed by atoms with Gasteiger partial charge in [-0.25, -0.2) is 0 Å². The summed E-state index contributed by atoms with van der Waals surface area (Å²) in [7, 11) is 1.73. The van der Waals surface area contributed by atoms with Gasteiger partial charge in [0.25, 0.3) is 0 Å². The van der Waals surface area contributed by atoms with E-state index in [1.54, 1.807) is 11.9 Å². The molecular weight excluding hydrogens is 314 g/mol. The molecule has 0 saturated heterocycles. The number of hydrogen-bond donors (Lipinski definition) is 0. The molecule has 0 aliphatic heterocycles. The molecule has 1 amide bonds. The quantitative estimate of drug-likeness (QED) is 0.747. The van der Waals surface area contributed by atoms with Crippen molar-refractivity contribution in [2.75, 3.05) is 13.6 Å². The zero-order valence-electron chi connectivity index (χ0n) is 15.5. The van der Waals surface area contributed by atoms with E-state index in [0.29, 0.717) is 19.4 Å². The summed E-state index contributed by atoms with van der Waals surface area (Å²) in [5.74, 6) is -0.238. The molecule has 0 heterocycles. The second-order valence-corrected chi connectivity index (χ2v) is 7.33. The van der Waals surface area contributed by atoms with Crippen LogP contribution in [0.15, 0.2) is 42.5 Å². The molecule has 0 aliphatic rings. The van der Waals surface area contributed by atoms with Crippen molar-refractivity contribution in [1.82, 2.24) is 4.90 Å². The maximum atomic E-state index is 12.3. The van der Waals surface area contributed by atoms with Gasteiger partial charge in [-0.3, -0.25) is 9.59 Å². The first-order valence-corrected chi connectivity index (χ1v) is 8.68. The van der Waals surface area contributed by atoms with Crippen LogP contribution >= 0.6 is 0 Å². The number of carbonyl (C=O) groups is 2. The maximum absolute atomic E-state index is 12.3. The predicted molar refractivity (Wildman–Crippen MR) is 100 cm³/mol. The number of fused-ring (bicyclic) bond motifs is 1. The summed E-state index contributed by atoms with van der Waals surface area (Å²) in [4.78, 5) is 25.6. The molecular formula is C21H27NO3. The topological polar surface area (TPSA) is 46.6 Å². The van der Waals surface area contributed by atoms with Gasteiger partial charge in [0.2, 0.25) is 5.91 Å². The first-order valence-electron chi connectivity index (χ1n) is 8.68. The lowest BCUT2D eigenvalue weighted by molar-refractivity contribution is -0.155. The van der Waals surface area contributed by atoms with Crippen LogP contribution in [0.5, 0.6) is 0 Å². The van der Waals surface area contributed by atoms with Crippen molar-refractivity contribution in [3.8, 4) is 0 Å².